The summed E-state index contributed by atoms with van der Waals surface area (Å²) in [6.45, 7) is 3.94. The molecule has 1 atom stereocenters. The first kappa shape index (κ1) is 26.7. The Morgan fingerprint density at radius 1 is 1.05 bits per heavy atom. The lowest BCUT2D eigenvalue weighted by Crippen LogP contribution is -2.38. The van der Waals surface area contributed by atoms with E-state index in [0.717, 1.165) is 57.9 Å². The monoisotopic (exact) mass is 595 g/mol. The maximum Gasteiger partial charge on any atom is 0.271 e. The minimum Gasteiger partial charge on any atom is -0.497 e. The molecule has 1 aliphatic carbocycles. The first-order valence-electron chi connectivity index (χ1n) is 13.8. The highest BCUT2D eigenvalue weighted by molar-refractivity contribution is 7.07. The third-order valence-electron chi connectivity index (χ3n) is 8.22. The third-order valence-corrected chi connectivity index (χ3v) is 9.51. The molecule has 1 aliphatic heterocycles. The number of aromatic nitrogens is 2. The second-order valence-corrected chi connectivity index (χ2v) is 12.1. The molecular weight excluding hydrogens is 569 g/mol. The number of hydrogen-bond acceptors (Lipinski definition) is 4. The Morgan fingerprint density at radius 2 is 1.83 bits per heavy atom. The molecule has 7 rings (SSSR count). The van der Waals surface area contributed by atoms with Crippen molar-refractivity contribution in [2.75, 3.05) is 7.11 Å². The molecule has 0 spiro atoms. The Morgan fingerprint density at radius 3 is 2.60 bits per heavy atom. The van der Waals surface area contributed by atoms with Crippen molar-refractivity contribution in [2.24, 2.45) is 4.99 Å². The van der Waals surface area contributed by atoms with E-state index in [1.807, 2.05) is 65.5 Å². The first-order valence-corrected chi connectivity index (χ1v) is 14.9. The smallest absolute Gasteiger partial charge is 0.271 e. The number of ether oxygens (including phenoxy) is 1. The lowest BCUT2D eigenvalue weighted by Gasteiger charge is -2.30. The number of halogens is 2. The zero-order valence-electron chi connectivity index (χ0n) is 23.3. The number of aryl methyl sites for hydroxylation is 2. The number of allylic oxidation sites excluding steroid dienone is 1. The van der Waals surface area contributed by atoms with Crippen LogP contribution in [0.25, 0.3) is 17.5 Å². The standard InChI is InChI=1S/C34H27ClFN3O2S/c1-19-16-23(20(2)38(19)24-11-15-28(35)29(36)18-24)17-30-33(40)39-32(22-8-12-25(41-3)13-9-22)27-14-10-21-6-4-5-7-26(21)31(27)37-34(39)42-30/h4-9,11-13,15-18,32H,10,14H2,1-3H3/b30-17-/t32-/m1/s1. The van der Waals surface area contributed by atoms with Crippen molar-refractivity contribution < 1.29 is 9.13 Å². The average molecular weight is 596 g/mol. The van der Waals surface area contributed by atoms with Crippen LogP contribution in [0.4, 0.5) is 4.39 Å². The molecule has 0 bridgehead atoms. The largest absolute Gasteiger partial charge is 0.497 e. The van der Waals surface area contributed by atoms with Crippen LogP contribution < -0.4 is 19.6 Å². The van der Waals surface area contributed by atoms with Crippen LogP contribution in [0.1, 0.15) is 46.1 Å². The highest BCUT2D eigenvalue weighted by Gasteiger charge is 2.32. The van der Waals surface area contributed by atoms with Gasteiger partial charge in [0.05, 0.1) is 28.4 Å². The number of hydrogen-bond donors (Lipinski definition) is 0. The van der Waals surface area contributed by atoms with Crippen LogP contribution >= 0.6 is 22.9 Å². The molecule has 0 unspecified atom stereocenters. The van der Waals surface area contributed by atoms with Gasteiger partial charge in [-0.05, 0) is 91.4 Å². The van der Waals surface area contributed by atoms with Crippen LogP contribution in [0.5, 0.6) is 5.75 Å². The summed E-state index contributed by atoms with van der Waals surface area (Å²) in [6.07, 6.45) is 3.66. The van der Waals surface area contributed by atoms with Gasteiger partial charge in [0.2, 0.25) is 0 Å². The molecule has 0 radical (unpaired) electrons. The van der Waals surface area contributed by atoms with Gasteiger partial charge in [0.1, 0.15) is 11.6 Å². The van der Waals surface area contributed by atoms with Crippen LogP contribution in [0.3, 0.4) is 0 Å². The van der Waals surface area contributed by atoms with Crippen molar-refractivity contribution in [1.82, 2.24) is 9.13 Å². The van der Waals surface area contributed by atoms with Gasteiger partial charge in [-0.15, -0.1) is 0 Å². The Balaban J connectivity index is 1.42. The average Bonchev–Trinajstić information content (AvgIpc) is 3.46. The SMILES string of the molecule is COc1ccc([C@@H]2C3=C(N=c4s/c(=C\c5cc(C)n(-c6ccc(Cl)c(F)c6)c5C)c(=O)n42)c2ccccc2CC3)cc1. The van der Waals surface area contributed by atoms with Gasteiger partial charge in [0, 0.05) is 22.6 Å². The lowest BCUT2D eigenvalue weighted by atomic mass is 9.83. The van der Waals surface area contributed by atoms with Crippen LogP contribution in [0, 0.1) is 19.7 Å². The Labute approximate surface area is 251 Å². The quantitative estimate of drug-likeness (QED) is 0.237. The molecule has 0 N–H and O–H groups in total. The van der Waals surface area contributed by atoms with Gasteiger partial charge in [0.25, 0.3) is 5.56 Å². The fourth-order valence-electron chi connectivity index (χ4n) is 6.21. The van der Waals surface area contributed by atoms with E-state index in [1.165, 1.54) is 23.0 Å². The highest BCUT2D eigenvalue weighted by atomic mass is 35.5. The number of methoxy groups -OCH3 is 1. The molecule has 2 aromatic heterocycles. The molecule has 0 amide bonds. The van der Waals surface area contributed by atoms with Crippen molar-refractivity contribution in [1.29, 1.82) is 0 Å². The van der Waals surface area contributed by atoms with Gasteiger partial charge in [0.15, 0.2) is 4.80 Å². The van der Waals surface area contributed by atoms with Crippen molar-refractivity contribution in [2.45, 2.75) is 32.7 Å². The summed E-state index contributed by atoms with van der Waals surface area (Å²) in [6, 6.07) is 22.9. The van der Waals surface area contributed by atoms with Gasteiger partial charge < -0.3 is 9.30 Å². The van der Waals surface area contributed by atoms with E-state index < -0.39 is 5.82 Å². The summed E-state index contributed by atoms with van der Waals surface area (Å²) in [5, 5.41) is 0.0827. The molecule has 210 valence electrons. The maximum atomic E-state index is 14.3. The topological polar surface area (TPSA) is 48.5 Å². The molecule has 3 heterocycles. The van der Waals surface area contributed by atoms with Gasteiger partial charge >= 0.3 is 0 Å². The van der Waals surface area contributed by atoms with E-state index in [0.29, 0.717) is 15.0 Å². The van der Waals surface area contributed by atoms with Crippen LogP contribution in [-0.2, 0) is 6.42 Å². The van der Waals surface area contributed by atoms with E-state index in [1.54, 1.807) is 19.2 Å². The normalized spacial score (nSPS) is 16.1. The summed E-state index contributed by atoms with van der Waals surface area (Å²) < 4.78 is 24.1. The van der Waals surface area contributed by atoms with E-state index in [2.05, 4.69) is 18.2 Å². The molecule has 0 fully saturated rings. The number of rotatable bonds is 4. The van der Waals surface area contributed by atoms with Crippen molar-refractivity contribution >= 4 is 34.7 Å². The van der Waals surface area contributed by atoms with Gasteiger partial charge in [-0.2, -0.15) is 0 Å². The Kier molecular flexibility index (Phi) is 6.52. The van der Waals surface area contributed by atoms with E-state index in [4.69, 9.17) is 21.3 Å². The third kappa shape index (κ3) is 4.27. The zero-order chi connectivity index (χ0) is 29.1. The maximum absolute atomic E-state index is 14.3. The lowest BCUT2D eigenvalue weighted by molar-refractivity contribution is 0.414. The summed E-state index contributed by atoms with van der Waals surface area (Å²) in [4.78, 5) is 19.9. The number of nitrogens with zero attached hydrogens (tertiary/aromatic N) is 3. The van der Waals surface area contributed by atoms with Crippen LogP contribution in [0.15, 0.2) is 88.2 Å². The molecule has 8 heteroatoms. The Bertz CT molecular complexity index is 2100. The Hall–Kier alpha value is -4.20. The van der Waals surface area contributed by atoms with E-state index in [9.17, 15) is 9.18 Å². The van der Waals surface area contributed by atoms with E-state index >= 15 is 0 Å². The van der Waals surface area contributed by atoms with Gasteiger partial charge in [-0.1, -0.05) is 59.3 Å². The fourth-order valence-corrected chi connectivity index (χ4v) is 7.31. The minimum absolute atomic E-state index is 0.0766. The summed E-state index contributed by atoms with van der Waals surface area (Å²) in [7, 11) is 1.65. The second-order valence-electron chi connectivity index (χ2n) is 10.6. The molecule has 0 saturated heterocycles. The summed E-state index contributed by atoms with van der Waals surface area (Å²) in [5.74, 6) is 0.297. The van der Waals surface area contributed by atoms with Crippen LogP contribution in [0.2, 0.25) is 5.02 Å². The predicted octanol–water partition coefficient (Wildman–Crippen LogP) is 6.53. The predicted molar refractivity (Wildman–Crippen MR) is 166 cm³/mol. The summed E-state index contributed by atoms with van der Waals surface area (Å²) in [5.41, 5.74) is 8.88. The molecule has 5 aromatic rings. The fraction of sp³-hybridized carbons (Fsp3) is 0.176. The van der Waals surface area contributed by atoms with Crippen molar-refractivity contribution in [3.05, 3.63) is 143 Å². The van der Waals surface area contributed by atoms with Crippen molar-refractivity contribution in [3.63, 3.8) is 0 Å². The number of thiazole rings is 1. The second kappa shape index (κ2) is 10.3. The van der Waals surface area contributed by atoms with Gasteiger partial charge in [-0.25, -0.2) is 9.38 Å². The zero-order valence-corrected chi connectivity index (χ0v) is 24.9. The van der Waals surface area contributed by atoms with Crippen LogP contribution in [-0.4, -0.2) is 16.2 Å². The molecule has 2 aliphatic rings. The van der Waals surface area contributed by atoms with E-state index in [-0.39, 0.29) is 16.6 Å². The number of fused-ring (bicyclic) bond motifs is 3. The molecule has 3 aromatic carbocycles. The summed E-state index contributed by atoms with van der Waals surface area (Å²) >= 11 is 7.33. The minimum atomic E-state index is -0.472. The number of benzene rings is 3. The molecule has 42 heavy (non-hydrogen) atoms. The molecular formula is C34H27ClFN3O2S. The first-order chi connectivity index (χ1) is 20.3. The van der Waals surface area contributed by atoms with Crippen molar-refractivity contribution in [3.8, 4) is 11.4 Å². The highest BCUT2D eigenvalue weighted by Crippen LogP contribution is 2.41. The molecule has 5 nitrogen and oxygen atoms in total. The molecule has 0 saturated carbocycles. The van der Waals surface area contributed by atoms with Gasteiger partial charge in [-0.3, -0.25) is 9.36 Å².